The van der Waals surface area contributed by atoms with Crippen molar-refractivity contribution in [3.05, 3.63) is 29.3 Å². The molecule has 0 aliphatic carbocycles. The number of aryl methyl sites for hydroxylation is 1. The first-order valence-electron chi connectivity index (χ1n) is 7.01. The monoisotopic (exact) mass is 299 g/mol. The van der Waals surface area contributed by atoms with Crippen LogP contribution in [-0.2, 0) is 6.54 Å². The maximum absolute atomic E-state index is 12.2. The van der Waals surface area contributed by atoms with Gasteiger partial charge in [0.05, 0.1) is 13.2 Å². The summed E-state index contributed by atoms with van der Waals surface area (Å²) in [5, 5.41) is 5.56. The standard InChI is InChI=1S/C15H23F2N3O/c1-4-7-21-13-8-11(2)5-6-12(13)9-19-15(18-3)20-10-14(16)17/h5-6,8,14H,4,7,9-10H2,1-3H3,(H2,18,19,20). The molecule has 21 heavy (non-hydrogen) atoms. The Balaban J connectivity index is 2.64. The van der Waals surface area contributed by atoms with Gasteiger partial charge in [-0.2, -0.15) is 0 Å². The zero-order valence-electron chi connectivity index (χ0n) is 12.7. The van der Waals surface area contributed by atoms with E-state index in [1.807, 2.05) is 32.0 Å². The van der Waals surface area contributed by atoms with Gasteiger partial charge < -0.3 is 15.4 Å². The Kier molecular flexibility index (Phi) is 7.50. The number of rotatable bonds is 7. The third kappa shape index (κ3) is 6.42. The maximum atomic E-state index is 12.2. The molecule has 118 valence electrons. The van der Waals surface area contributed by atoms with Crippen LogP contribution in [0, 0.1) is 6.92 Å². The van der Waals surface area contributed by atoms with Gasteiger partial charge in [0.15, 0.2) is 5.96 Å². The molecule has 0 saturated heterocycles. The second kappa shape index (κ2) is 9.15. The average Bonchev–Trinajstić information content (AvgIpc) is 2.46. The van der Waals surface area contributed by atoms with Crippen molar-refractivity contribution in [2.45, 2.75) is 33.2 Å². The molecule has 1 aromatic carbocycles. The minimum atomic E-state index is -2.41. The maximum Gasteiger partial charge on any atom is 0.255 e. The van der Waals surface area contributed by atoms with Crippen molar-refractivity contribution in [2.24, 2.45) is 4.99 Å². The molecule has 2 N–H and O–H groups in total. The Morgan fingerprint density at radius 3 is 2.71 bits per heavy atom. The molecular weight excluding hydrogens is 276 g/mol. The topological polar surface area (TPSA) is 45.6 Å². The van der Waals surface area contributed by atoms with E-state index in [-0.39, 0.29) is 0 Å². The van der Waals surface area contributed by atoms with Crippen LogP contribution in [0.4, 0.5) is 8.78 Å². The predicted molar refractivity (Wildman–Crippen MR) is 81.2 cm³/mol. The molecule has 0 heterocycles. The van der Waals surface area contributed by atoms with Crippen molar-refractivity contribution >= 4 is 5.96 Å². The number of ether oxygens (including phenoxy) is 1. The van der Waals surface area contributed by atoms with Crippen LogP contribution in [0.15, 0.2) is 23.2 Å². The van der Waals surface area contributed by atoms with Gasteiger partial charge in [-0.15, -0.1) is 0 Å². The van der Waals surface area contributed by atoms with Gasteiger partial charge in [0.2, 0.25) is 0 Å². The molecule has 0 atom stereocenters. The van der Waals surface area contributed by atoms with Crippen LogP contribution in [0.5, 0.6) is 5.75 Å². The Hall–Kier alpha value is -1.85. The zero-order chi connectivity index (χ0) is 15.7. The Labute approximate surface area is 124 Å². The number of alkyl halides is 2. The molecule has 1 aromatic rings. The molecule has 0 saturated carbocycles. The second-order valence-corrected chi connectivity index (χ2v) is 4.66. The molecule has 0 spiro atoms. The third-order valence-corrected chi connectivity index (χ3v) is 2.78. The summed E-state index contributed by atoms with van der Waals surface area (Å²) in [7, 11) is 1.55. The van der Waals surface area contributed by atoms with E-state index >= 15 is 0 Å². The van der Waals surface area contributed by atoms with Crippen molar-refractivity contribution in [3.63, 3.8) is 0 Å². The molecular formula is C15H23F2N3O. The number of benzene rings is 1. The van der Waals surface area contributed by atoms with Crippen molar-refractivity contribution in [3.8, 4) is 5.75 Å². The van der Waals surface area contributed by atoms with E-state index in [9.17, 15) is 8.78 Å². The van der Waals surface area contributed by atoms with Crippen LogP contribution >= 0.6 is 0 Å². The van der Waals surface area contributed by atoms with Crippen LogP contribution < -0.4 is 15.4 Å². The number of halogens is 2. The smallest absolute Gasteiger partial charge is 0.255 e. The minimum Gasteiger partial charge on any atom is -0.493 e. The summed E-state index contributed by atoms with van der Waals surface area (Å²) >= 11 is 0. The molecule has 4 nitrogen and oxygen atoms in total. The lowest BCUT2D eigenvalue weighted by atomic mass is 10.1. The quantitative estimate of drug-likeness (QED) is 0.601. The van der Waals surface area contributed by atoms with E-state index in [0.717, 1.165) is 23.3 Å². The molecule has 1 rings (SSSR count). The summed E-state index contributed by atoms with van der Waals surface area (Å²) in [6.45, 7) is 4.73. The highest BCUT2D eigenvalue weighted by Gasteiger charge is 2.07. The molecule has 0 amide bonds. The van der Waals surface area contributed by atoms with Gasteiger partial charge in [0.25, 0.3) is 6.43 Å². The number of nitrogens with zero attached hydrogens (tertiary/aromatic N) is 1. The highest BCUT2D eigenvalue weighted by atomic mass is 19.3. The highest BCUT2D eigenvalue weighted by molar-refractivity contribution is 5.79. The first-order valence-corrected chi connectivity index (χ1v) is 7.01. The molecule has 6 heteroatoms. The number of guanidine groups is 1. The molecule has 0 aromatic heterocycles. The number of hydrogen-bond acceptors (Lipinski definition) is 2. The summed E-state index contributed by atoms with van der Waals surface area (Å²) in [6.07, 6.45) is -1.48. The number of aliphatic imine (C=N–C) groups is 1. The van der Waals surface area contributed by atoms with E-state index in [4.69, 9.17) is 4.74 Å². The van der Waals surface area contributed by atoms with Crippen LogP contribution in [0.25, 0.3) is 0 Å². The van der Waals surface area contributed by atoms with Crippen molar-refractivity contribution in [1.29, 1.82) is 0 Å². The summed E-state index contributed by atoms with van der Waals surface area (Å²) < 4.78 is 30.1. The van der Waals surface area contributed by atoms with Crippen LogP contribution in [-0.4, -0.2) is 32.6 Å². The van der Waals surface area contributed by atoms with Gasteiger partial charge in [-0.1, -0.05) is 19.1 Å². The highest BCUT2D eigenvalue weighted by Crippen LogP contribution is 2.20. The van der Waals surface area contributed by atoms with E-state index < -0.39 is 13.0 Å². The van der Waals surface area contributed by atoms with Crippen LogP contribution in [0.2, 0.25) is 0 Å². The lowest BCUT2D eigenvalue weighted by molar-refractivity contribution is 0.152. The van der Waals surface area contributed by atoms with E-state index in [2.05, 4.69) is 15.6 Å². The lowest BCUT2D eigenvalue weighted by Gasteiger charge is -2.15. The molecule has 0 aliphatic rings. The van der Waals surface area contributed by atoms with E-state index in [0.29, 0.717) is 19.1 Å². The molecule has 0 bridgehead atoms. The van der Waals surface area contributed by atoms with Gasteiger partial charge in [-0.25, -0.2) is 8.78 Å². The number of nitrogens with one attached hydrogen (secondary N) is 2. The zero-order valence-corrected chi connectivity index (χ0v) is 12.7. The SMILES string of the molecule is CCCOc1cc(C)ccc1CNC(=NC)NCC(F)F. The van der Waals surface area contributed by atoms with E-state index in [1.165, 1.54) is 0 Å². The number of hydrogen-bond donors (Lipinski definition) is 2. The van der Waals surface area contributed by atoms with Crippen LogP contribution in [0.3, 0.4) is 0 Å². The fraction of sp³-hybridized carbons (Fsp3) is 0.533. The summed E-state index contributed by atoms with van der Waals surface area (Å²) in [6, 6.07) is 5.93. The van der Waals surface area contributed by atoms with Gasteiger partial charge in [0.1, 0.15) is 5.75 Å². The predicted octanol–water partition coefficient (Wildman–Crippen LogP) is 2.71. The lowest BCUT2D eigenvalue weighted by Crippen LogP contribution is -2.39. The van der Waals surface area contributed by atoms with E-state index in [1.54, 1.807) is 7.05 Å². The van der Waals surface area contributed by atoms with Gasteiger partial charge in [-0.3, -0.25) is 4.99 Å². The first kappa shape index (κ1) is 17.2. The normalized spacial score (nSPS) is 11.6. The molecule has 0 unspecified atom stereocenters. The summed E-state index contributed by atoms with van der Waals surface area (Å²) in [5.41, 5.74) is 2.08. The van der Waals surface area contributed by atoms with Gasteiger partial charge in [-0.05, 0) is 25.0 Å². The largest absolute Gasteiger partial charge is 0.493 e. The second-order valence-electron chi connectivity index (χ2n) is 4.66. The first-order chi connectivity index (χ1) is 10.1. The molecule has 0 fully saturated rings. The Bertz CT molecular complexity index is 464. The molecule has 0 aliphatic heterocycles. The van der Waals surface area contributed by atoms with Gasteiger partial charge in [0, 0.05) is 19.2 Å². The Morgan fingerprint density at radius 2 is 2.10 bits per heavy atom. The summed E-state index contributed by atoms with van der Waals surface area (Å²) in [4.78, 5) is 3.90. The van der Waals surface area contributed by atoms with Crippen LogP contribution in [0.1, 0.15) is 24.5 Å². The molecule has 0 radical (unpaired) electrons. The summed E-state index contributed by atoms with van der Waals surface area (Å²) in [5.74, 6) is 1.16. The van der Waals surface area contributed by atoms with Gasteiger partial charge >= 0.3 is 0 Å². The fourth-order valence-corrected chi connectivity index (χ4v) is 1.73. The van der Waals surface area contributed by atoms with Crippen molar-refractivity contribution in [2.75, 3.05) is 20.2 Å². The van der Waals surface area contributed by atoms with Crippen molar-refractivity contribution < 1.29 is 13.5 Å². The van der Waals surface area contributed by atoms with Crippen molar-refractivity contribution in [1.82, 2.24) is 10.6 Å². The Morgan fingerprint density at radius 1 is 1.33 bits per heavy atom. The fourth-order valence-electron chi connectivity index (χ4n) is 1.73. The minimum absolute atomic E-state index is 0.345. The third-order valence-electron chi connectivity index (χ3n) is 2.78. The average molecular weight is 299 g/mol.